The van der Waals surface area contributed by atoms with Gasteiger partial charge in [0.05, 0.1) is 40.3 Å². The van der Waals surface area contributed by atoms with Crippen LogP contribution >= 0.6 is 0 Å². The van der Waals surface area contributed by atoms with Gasteiger partial charge in [0.25, 0.3) is 0 Å². The molecule has 61 heavy (non-hydrogen) atoms. The Hall–Kier alpha value is -1.93. The first-order chi connectivity index (χ1) is 29.6. The molecular formula is C53H101NO7. The van der Waals surface area contributed by atoms with Crippen LogP contribution in [0.25, 0.3) is 0 Å². The second kappa shape index (κ2) is 44.7. The smallest absolute Gasteiger partial charge is 0.306 e. The largest absolute Gasteiger partial charge is 0.544 e. The summed E-state index contributed by atoms with van der Waals surface area (Å²) in [6.07, 6.45) is 49.6. The molecule has 0 aliphatic rings. The van der Waals surface area contributed by atoms with Crippen LogP contribution in [-0.2, 0) is 28.6 Å². The van der Waals surface area contributed by atoms with Crippen molar-refractivity contribution in [3.8, 4) is 0 Å². The summed E-state index contributed by atoms with van der Waals surface area (Å²) in [4.78, 5) is 37.0. The summed E-state index contributed by atoms with van der Waals surface area (Å²) in [5, 5.41) is 11.7. The van der Waals surface area contributed by atoms with Crippen molar-refractivity contribution < 1.29 is 38.2 Å². The molecule has 0 N–H and O–H groups in total. The first-order valence-corrected chi connectivity index (χ1v) is 26.2. The van der Waals surface area contributed by atoms with Gasteiger partial charge in [0.1, 0.15) is 12.6 Å². The fourth-order valence-electron chi connectivity index (χ4n) is 8.07. The molecule has 0 heterocycles. The topological polar surface area (TPSA) is 102 Å². The van der Waals surface area contributed by atoms with Gasteiger partial charge in [0.15, 0.2) is 6.10 Å². The van der Waals surface area contributed by atoms with Crippen molar-refractivity contribution in [2.75, 3.05) is 41.0 Å². The van der Waals surface area contributed by atoms with E-state index in [4.69, 9.17) is 14.2 Å². The van der Waals surface area contributed by atoms with Gasteiger partial charge < -0.3 is 28.6 Å². The molecule has 8 nitrogen and oxygen atoms in total. The number of unbranched alkanes of at least 4 members (excludes halogenated alkanes) is 32. The average molecular weight is 864 g/mol. The fraction of sp³-hybridized carbons (Fsp3) is 0.906. The molecule has 8 heteroatoms. The second-order valence-corrected chi connectivity index (χ2v) is 19.1. The molecule has 0 aliphatic heterocycles. The zero-order valence-electron chi connectivity index (χ0n) is 41.1. The van der Waals surface area contributed by atoms with E-state index < -0.39 is 18.1 Å². The van der Waals surface area contributed by atoms with E-state index in [1.165, 1.54) is 173 Å². The van der Waals surface area contributed by atoms with Crippen molar-refractivity contribution >= 4 is 17.9 Å². The molecule has 0 saturated heterocycles. The van der Waals surface area contributed by atoms with Crippen LogP contribution in [-0.4, -0.2) is 75.5 Å². The van der Waals surface area contributed by atoms with E-state index in [0.717, 1.165) is 51.4 Å². The van der Waals surface area contributed by atoms with Crippen molar-refractivity contribution in [2.24, 2.45) is 0 Å². The van der Waals surface area contributed by atoms with Crippen molar-refractivity contribution in [3.63, 3.8) is 0 Å². The van der Waals surface area contributed by atoms with Crippen LogP contribution in [0.4, 0.5) is 0 Å². The highest BCUT2D eigenvalue weighted by Gasteiger charge is 2.25. The Balaban J connectivity index is 4.16. The first kappa shape index (κ1) is 59.1. The minimum atomic E-state index is -1.12. The van der Waals surface area contributed by atoms with E-state index in [1.807, 2.05) is 21.1 Å². The molecule has 0 fully saturated rings. The normalized spacial score (nSPS) is 12.9. The van der Waals surface area contributed by atoms with Crippen molar-refractivity contribution in [1.82, 2.24) is 0 Å². The third-order valence-corrected chi connectivity index (χ3v) is 12.2. The predicted molar refractivity (Wildman–Crippen MR) is 254 cm³/mol. The van der Waals surface area contributed by atoms with Crippen LogP contribution in [0.5, 0.6) is 0 Å². The van der Waals surface area contributed by atoms with Gasteiger partial charge in [0.2, 0.25) is 0 Å². The summed E-state index contributed by atoms with van der Waals surface area (Å²) in [6, 6.07) is -0.723. The zero-order chi connectivity index (χ0) is 44.9. The third-order valence-electron chi connectivity index (χ3n) is 12.2. The Morgan fingerprint density at radius 3 is 1.18 bits per heavy atom. The summed E-state index contributed by atoms with van der Waals surface area (Å²) in [6.45, 7) is 4.70. The summed E-state index contributed by atoms with van der Waals surface area (Å²) in [5.41, 5.74) is 0. The predicted octanol–water partition coefficient (Wildman–Crippen LogP) is 13.7. The van der Waals surface area contributed by atoms with Crippen molar-refractivity contribution in [1.29, 1.82) is 0 Å². The molecule has 0 aliphatic carbocycles. The third kappa shape index (κ3) is 43.1. The van der Waals surface area contributed by atoms with E-state index in [-0.39, 0.29) is 42.7 Å². The summed E-state index contributed by atoms with van der Waals surface area (Å²) < 4.78 is 17.2. The van der Waals surface area contributed by atoms with Crippen LogP contribution in [0.3, 0.4) is 0 Å². The number of nitrogens with zero attached hydrogens (tertiary/aromatic N) is 1. The molecule has 2 unspecified atom stereocenters. The summed E-state index contributed by atoms with van der Waals surface area (Å²) in [5.74, 6) is -1.72. The fourth-order valence-corrected chi connectivity index (χ4v) is 8.07. The molecule has 360 valence electrons. The lowest BCUT2D eigenvalue weighted by Crippen LogP contribution is -2.55. The van der Waals surface area contributed by atoms with Gasteiger partial charge in [-0.2, -0.15) is 0 Å². The zero-order valence-corrected chi connectivity index (χ0v) is 41.1. The Morgan fingerprint density at radius 2 is 0.820 bits per heavy atom. The highest BCUT2D eigenvalue weighted by atomic mass is 16.6. The number of carboxylic acids is 1. The number of aliphatic carboxylic acids is 1. The second-order valence-electron chi connectivity index (χ2n) is 19.1. The molecule has 0 radical (unpaired) electrons. The SMILES string of the molecule is CCCCCCCC/C=C\CCCCCCCC(=O)OC(COCCC(C(=O)[O-])[N+](C)(C)C)COC(=O)CCCCCCCCCCCCCCCCCCCCCCCC. The number of hydrogen-bond donors (Lipinski definition) is 0. The van der Waals surface area contributed by atoms with Gasteiger partial charge in [-0.3, -0.25) is 9.59 Å². The lowest BCUT2D eigenvalue weighted by Gasteiger charge is -2.34. The first-order valence-electron chi connectivity index (χ1n) is 26.2. The number of quaternary nitrogens is 1. The van der Waals surface area contributed by atoms with Crippen molar-refractivity contribution in [3.05, 3.63) is 12.2 Å². The number of carbonyl (C=O) groups is 3. The number of rotatable bonds is 48. The minimum absolute atomic E-state index is 0.0434. The van der Waals surface area contributed by atoms with Crippen LogP contribution in [0, 0.1) is 0 Å². The Labute approximate surface area is 378 Å². The monoisotopic (exact) mass is 864 g/mol. The maximum atomic E-state index is 12.8. The maximum absolute atomic E-state index is 12.8. The number of allylic oxidation sites excluding steroid dienone is 2. The molecular weight excluding hydrogens is 763 g/mol. The van der Waals surface area contributed by atoms with E-state index in [1.54, 1.807) is 0 Å². The van der Waals surface area contributed by atoms with Crippen LogP contribution in [0.1, 0.15) is 258 Å². The molecule has 0 aromatic rings. The highest BCUT2D eigenvalue weighted by molar-refractivity contribution is 5.70. The van der Waals surface area contributed by atoms with Gasteiger partial charge in [-0.1, -0.05) is 212 Å². The minimum Gasteiger partial charge on any atom is -0.544 e. The van der Waals surface area contributed by atoms with E-state index >= 15 is 0 Å². The number of carbonyl (C=O) groups excluding carboxylic acids is 3. The molecule has 2 atom stereocenters. The maximum Gasteiger partial charge on any atom is 0.306 e. The Morgan fingerprint density at radius 1 is 0.475 bits per heavy atom. The number of ether oxygens (including phenoxy) is 3. The molecule has 0 spiro atoms. The lowest BCUT2D eigenvalue weighted by molar-refractivity contribution is -0.889. The summed E-state index contributed by atoms with van der Waals surface area (Å²) >= 11 is 0. The number of hydrogen-bond acceptors (Lipinski definition) is 7. The van der Waals surface area contributed by atoms with Gasteiger partial charge >= 0.3 is 11.9 Å². The average Bonchev–Trinajstić information content (AvgIpc) is 3.22. The Bertz CT molecular complexity index is 1010. The highest BCUT2D eigenvalue weighted by Crippen LogP contribution is 2.17. The molecule has 0 aromatic carbocycles. The standard InChI is InChI=1S/C53H101NO7/c1-6-8-10-12-14-16-18-20-22-23-24-25-26-27-28-30-31-33-35-37-39-41-43-51(55)60-48-49(47-59-46-45-50(53(57)58)54(3,4)5)61-52(56)44-42-40-38-36-34-32-29-21-19-17-15-13-11-9-7-2/h21,29,49-50H,6-20,22-28,30-48H2,1-5H3/b29-21-. The number of likely N-dealkylation sites (N-methyl/N-ethyl adjacent to an activating group) is 1. The quantitative estimate of drug-likeness (QED) is 0.0260. The molecule has 0 amide bonds. The summed E-state index contributed by atoms with van der Waals surface area (Å²) in [7, 11) is 5.42. The van der Waals surface area contributed by atoms with Crippen LogP contribution < -0.4 is 5.11 Å². The van der Waals surface area contributed by atoms with E-state index in [2.05, 4.69) is 26.0 Å². The Kier molecular flexibility index (Phi) is 43.3. The van der Waals surface area contributed by atoms with Gasteiger partial charge in [-0.25, -0.2) is 0 Å². The van der Waals surface area contributed by atoms with Gasteiger partial charge in [0, 0.05) is 19.3 Å². The van der Waals surface area contributed by atoms with Crippen molar-refractivity contribution in [2.45, 2.75) is 270 Å². The van der Waals surface area contributed by atoms with Gasteiger partial charge in [-0.05, 0) is 38.5 Å². The van der Waals surface area contributed by atoms with E-state index in [9.17, 15) is 19.5 Å². The molecule has 0 saturated carbocycles. The molecule has 0 rings (SSSR count). The molecule has 0 bridgehead atoms. The van der Waals surface area contributed by atoms with E-state index in [0.29, 0.717) is 12.8 Å². The van der Waals surface area contributed by atoms with Crippen LogP contribution in [0.15, 0.2) is 12.2 Å². The van der Waals surface area contributed by atoms with Gasteiger partial charge in [-0.15, -0.1) is 0 Å². The van der Waals surface area contributed by atoms with Crippen LogP contribution in [0.2, 0.25) is 0 Å². The number of esters is 2. The number of carboxylic acid groups (broad SMARTS) is 1. The molecule has 0 aromatic heterocycles. The lowest BCUT2D eigenvalue weighted by atomic mass is 10.0.